The molecule has 6 nitrogen and oxygen atoms in total. The first-order valence-electron chi connectivity index (χ1n) is 27.4. The lowest BCUT2D eigenvalue weighted by molar-refractivity contribution is -0.151. The van der Waals surface area contributed by atoms with Gasteiger partial charge in [0.2, 0.25) is 5.91 Å². The van der Waals surface area contributed by atoms with Crippen LogP contribution in [0.3, 0.4) is 0 Å². The number of aliphatic hydroxyl groups excluding tert-OH is 2. The lowest BCUT2D eigenvalue weighted by Gasteiger charge is -2.24. The molecule has 0 saturated carbocycles. The number of esters is 1. The molecule has 0 aliphatic carbocycles. The third kappa shape index (κ3) is 46.2. The molecule has 63 heavy (non-hydrogen) atoms. The molecule has 0 fully saturated rings. The first-order chi connectivity index (χ1) is 31.0. The van der Waals surface area contributed by atoms with Gasteiger partial charge in [0.05, 0.1) is 25.2 Å². The summed E-state index contributed by atoms with van der Waals surface area (Å²) in [6.45, 7) is 6.37. The molecule has 368 valence electrons. The van der Waals surface area contributed by atoms with Crippen molar-refractivity contribution >= 4 is 11.9 Å². The van der Waals surface area contributed by atoms with Crippen molar-refractivity contribution < 1.29 is 24.5 Å². The Morgan fingerprint density at radius 1 is 0.476 bits per heavy atom. The summed E-state index contributed by atoms with van der Waals surface area (Å²) in [6, 6.07) is -0.706. The van der Waals surface area contributed by atoms with Crippen LogP contribution in [0.15, 0.2) is 48.6 Å². The second-order valence-electron chi connectivity index (χ2n) is 18.7. The van der Waals surface area contributed by atoms with E-state index in [1.54, 1.807) is 0 Å². The molecule has 0 spiro atoms. The molecule has 3 unspecified atom stereocenters. The Hall–Kier alpha value is -2.18. The fourth-order valence-electron chi connectivity index (χ4n) is 8.31. The molecule has 6 heteroatoms. The monoisotopic (exact) mass is 884 g/mol. The zero-order valence-corrected chi connectivity index (χ0v) is 42.0. The Balaban J connectivity index is 4.58. The van der Waals surface area contributed by atoms with E-state index in [9.17, 15) is 19.8 Å². The number of carbonyl (C=O) groups is 2. The maximum Gasteiger partial charge on any atom is 0.306 e. The van der Waals surface area contributed by atoms with Crippen molar-refractivity contribution in [3.63, 3.8) is 0 Å². The van der Waals surface area contributed by atoms with Crippen molar-refractivity contribution in [1.29, 1.82) is 0 Å². The Bertz CT molecular complexity index is 1080. The van der Waals surface area contributed by atoms with Crippen LogP contribution in [-0.4, -0.2) is 46.9 Å². The van der Waals surface area contributed by atoms with E-state index >= 15 is 0 Å². The van der Waals surface area contributed by atoms with Crippen LogP contribution in [0.1, 0.15) is 278 Å². The van der Waals surface area contributed by atoms with Gasteiger partial charge in [-0.3, -0.25) is 9.59 Å². The lowest BCUT2D eigenvalue weighted by atomic mass is 10.0. The summed E-state index contributed by atoms with van der Waals surface area (Å²) in [4.78, 5) is 26.2. The van der Waals surface area contributed by atoms with E-state index in [-0.39, 0.29) is 24.9 Å². The van der Waals surface area contributed by atoms with Crippen molar-refractivity contribution in [2.45, 2.75) is 296 Å². The van der Waals surface area contributed by atoms with Gasteiger partial charge in [-0.2, -0.15) is 0 Å². The zero-order valence-electron chi connectivity index (χ0n) is 42.0. The summed E-state index contributed by atoms with van der Waals surface area (Å²) < 4.78 is 5.94. The number of nitrogens with one attached hydrogen (secondary N) is 1. The minimum Gasteiger partial charge on any atom is -0.462 e. The molecule has 0 saturated heterocycles. The number of ether oxygens (including phenoxy) is 1. The number of hydrogen-bond acceptors (Lipinski definition) is 5. The Labute approximate surface area is 391 Å². The summed E-state index contributed by atoms with van der Waals surface area (Å²) in [7, 11) is 0. The predicted molar refractivity (Wildman–Crippen MR) is 273 cm³/mol. The average Bonchev–Trinajstić information content (AvgIpc) is 3.28. The van der Waals surface area contributed by atoms with Gasteiger partial charge in [0.15, 0.2) is 0 Å². The van der Waals surface area contributed by atoms with Crippen LogP contribution in [0.25, 0.3) is 0 Å². The van der Waals surface area contributed by atoms with Crippen molar-refractivity contribution in [2.24, 2.45) is 0 Å². The molecule has 0 aliphatic rings. The van der Waals surface area contributed by atoms with E-state index in [0.29, 0.717) is 19.3 Å². The quantitative estimate of drug-likeness (QED) is 0.0245. The van der Waals surface area contributed by atoms with Crippen molar-refractivity contribution in [1.82, 2.24) is 5.32 Å². The van der Waals surface area contributed by atoms with Gasteiger partial charge in [0, 0.05) is 6.42 Å². The highest BCUT2D eigenvalue weighted by atomic mass is 16.5. The molecular weight excluding hydrogens is 779 g/mol. The number of amides is 1. The van der Waals surface area contributed by atoms with Crippen LogP contribution in [0.2, 0.25) is 0 Å². The summed E-state index contributed by atoms with van der Waals surface area (Å²) in [5, 5.41) is 23.8. The molecular formula is C57H105NO5. The number of hydrogen-bond donors (Lipinski definition) is 3. The number of allylic oxidation sites excluding steroid dienone is 8. The van der Waals surface area contributed by atoms with E-state index in [4.69, 9.17) is 4.74 Å². The SMILES string of the molecule is CC/C=C/C=C/C=C/CCCCCCCCCC(=O)OC(CCCCCCC/C=C/CCCCCCCC)CC(=O)NC(CO)C(O)CCCCCCCCCCCCCCCC. The Kier molecular flexibility index (Phi) is 49.1. The van der Waals surface area contributed by atoms with E-state index in [0.717, 1.165) is 77.0 Å². The summed E-state index contributed by atoms with van der Waals surface area (Å²) in [5.41, 5.74) is 0. The van der Waals surface area contributed by atoms with Crippen LogP contribution in [0, 0.1) is 0 Å². The average molecular weight is 884 g/mol. The molecule has 0 heterocycles. The molecule has 0 rings (SSSR count). The molecule has 0 aliphatic heterocycles. The smallest absolute Gasteiger partial charge is 0.306 e. The second-order valence-corrected chi connectivity index (χ2v) is 18.7. The van der Waals surface area contributed by atoms with Crippen LogP contribution < -0.4 is 5.32 Å². The molecule has 0 aromatic carbocycles. The van der Waals surface area contributed by atoms with Crippen molar-refractivity contribution in [3.05, 3.63) is 48.6 Å². The minimum atomic E-state index is -0.792. The predicted octanol–water partition coefficient (Wildman–Crippen LogP) is 16.6. The maximum absolute atomic E-state index is 13.2. The van der Waals surface area contributed by atoms with Crippen LogP contribution in [0.4, 0.5) is 0 Å². The molecule has 0 bridgehead atoms. The van der Waals surface area contributed by atoms with Gasteiger partial charge in [-0.05, 0) is 70.6 Å². The summed E-state index contributed by atoms with van der Waals surface area (Å²) >= 11 is 0. The minimum absolute atomic E-state index is 0.0681. The highest BCUT2D eigenvalue weighted by Gasteiger charge is 2.24. The van der Waals surface area contributed by atoms with Gasteiger partial charge in [-0.25, -0.2) is 0 Å². The van der Waals surface area contributed by atoms with E-state index in [1.165, 1.54) is 154 Å². The van der Waals surface area contributed by atoms with Gasteiger partial charge < -0.3 is 20.3 Å². The van der Waals surface area contributed by atoms with Gasteiger partial charge in [0.25, 0.3) is 0 Å². The van der Waals surface area contributed by atoms with E-state index < -0.39 is 18.2 Å². The Morgan fingerprint density at radius 2 is 0.873 bits per heavy atom. The first kappa shape index (κ1) is 60.8. The standard InChI is InChI=1S/C57H105NO5/c1-4-7-10-13-16-19-22-25-28-30-33-36-39-42-45-48-53(63-57(62)50-47-44-41-38-35-32-29-26-23-20-17-14-11-8-5-2)51-56(61)58-54(52-59)55(60)49-46-43-40-37-34-31-27-24-21-18-15-12-9-6-3/h8,11,14,17,20,23,25,28,53-55,59-60H,4-7,9-10,12-13,15-16,18-19,21-22,24,26-27,29-52H2,1-3H3,(H,58,61)/b11-8+,17-14+,23-20+,28-25+. The van der Waals surface area contributed by atoms with Gasteiger partial charge in [-0.1, -0.05) is 243 Å². The third-order valence-electron chi connectivity index (χ3n) is 12.5. The molecule has 3 atom stereocenters. The lowest BCUT2D eigenvalue weighted by Crippen LogP contribution is -2.46. The zero-order chi connectivity index (χ0) is 45.9. The van der Waals surface area contributed by atoms with Gasteiger partial charge in [0.1, 0.15) is 6.10 Å². The highest BCUT2D eigenvalue weighted by molar-refractivity contribution is 5.77. The van der Waals surface area contributed by atoms with Crippen molar-refractivity contribution in [2.75, 3.05) is 6.61 Å². The normalized spacial score (nSPS) is 13.5. The third-order valence-corrected chi connectivity index (χ3v) is 12.5. The van der Waals surface area contributed by atoms with Crippen molar-refractivity contribution in [3.8, 4) is 0 Å². The molecule has 3 N–H and O–H groups in total. The van der Waals surface area contributed by atoms with E-state index in [1.807, 2.05) is 0 Å². The van der Waals surface area contributed by atoms with Crippen LogP contribution >= 0.6 is 0 Å². The van der Waals surface area contributed by atoms with Gasteiger partial charge in [-0.15, -0.1) is 0 Å². The number of unbranched alkanes of at least 4 members (excludes halogenated alkanes) is 31. The molecule has 0 aromatic rings. The number of rotatable bonds is 49. The maximum atomic E-state index is 13.2. The largest absolute Gasteiger partial charge is 0.462 e. The van der Waals surface area contributed by atoms with E-state index in [2.05, 4.69) is 74.7 Å². The number of carbonyl (C=O) groups excluding carboxylic acids is 2. The van der Waals surface area contributed by atoms with Gasteiger partial charge >= 0.3 is 5.97 Å². The molecule has 0 radical (unpaired) electrons. The summed E-state index contributed by atoms with van der Waals surface area (Å²) in [5.74, 6) is -0.487. The fraction of sp³-hybridized carbons (Fsp3) is 0.825. The highest BCUT2D eigenvalue weighted by Crippen LogP contribution is 2.18. The van der Waals surface area contributed by atoms with Crippen LogP contribution in [0.5, 0.6) is 0 Å². The second kappa shape index (κ2) is 50.8. The first-order valence-corrected chi connectivity index (χ1v) is 27.4. The van der Waals surface area contributed by atoms with Crippen LogP contribution in [-0.2, 0) is 14.3 Å². The Morgan fingerprint density at radius 3 is 1.33 bits per heavy atom. The molecule has 0 aromatic heterocycles. The number of aliphatic hydroxyl groups is 2. The fourth-order valence-corrected chi connectivity index (χ4v) is 8.31. The topological polar surface area (TPSA) is 95.9 Å². The molecule has 1 amide bonds. The summed E-state index contributed by atoms with van der Waals surface area (Å²) in [6.07, 6.45) is 61.7.